The molecule has 1 fully saturated rings. The molecule has 1 aliphatic carbocycles. The molecule has 0 aromatic heterocycles. The molecule has 0 amide bonds. The first kappa shape index (κ1) is 11.6. The van der Waals surface area contributed by atoms with Crippen LogP contribution in [0.4, 0.5) is 4.39 Å². The van der Waals surface area contributed by atoms with Gasteiger partial charge in [-0.25, -0.2) is 4.39 Å². The van der Waals surface area contributed by atoms with Crippen LogP contribution in [0.3, 0.4) is 0 Å². The highest BCUT2D eigenvalue weighted by molar-refractivity contribution is 5.32. The molecule has 0 N–H and O–H groups in total. The van der Waals surface area contributed by atoms with Gasteiger partial charge in [0.15, 0.2) is 0 Å². The first-order valence-corrected chi connectivity index (χ1v) is 6.42. The third-order valence-corrected chi connectivity index (χ3v) is 3.60. The average molecular weight is 220 g/mol. The summed E-state index contributed by atoms with van der Waals surface area (Å²) in [6.45, 7) is 3.86. The van der Waals surface area contributed by atoms with Crippen LogP contribution in [0.2, 0.25) is 0 Å². The lowest BCUT2D eigenvalue weighted by atomic mass is 9.99. The molecule has 0 spiro atoms. The molecule has 16 heavy (non-hydrogen) atoms. The van der Waals surface area contributed by atoms with Crippen LogP contribution in [0.5, 0.6) is 0 Å². The lowest BCUT2D eigenvalue weighted by Crippen LogP contribution is -1.95. The quantitative estimate of drug-likeness (QED) is 0.638. The van der Waals surface area contributed by atoms with Gasteiger partial charge < -0.3 is 0 Å². The Balaban J connectivity index is 1.86. The molecular formula is C15H21F. The Kier molecular flexibility index (Phi) is 3.63. The van der Waals surface area contributed by atoms with Crippen LogP contribution >= 0.6 is 0 Å². The fourth-order valence-corrected chi connectivity index (χ4v) is 2.30. The molecule has 1 aromatic carbocycles. The summed E-state index contributed by atoms with van der Waals surface area (Å²) in [7, 11) is 0. The number of rotatable bonds is 5. The van der Waals surface area contributed by atoms with Gasteiger partial charge in [-0.1, -0.05) is 31.7 Å². The zero-order valence-electron chi connectivity index (χ0n) is 10.4. The second kappa shape index (κ2) is 4.99. The zero-order chi connectivity index (χ0) is 11.5. The summed E-state index contributed by atoms with van der Waals surface area (Å²) in [6, 6.07) is 3.76. The Labute approximate surface area is 97.9 Å². The first-order chi connectivity index (χ1) is 7.66. The van der Waals surface area contributed by atoms with E-state index in [0.29, 0.717) is 0 Å². The Hall–Kier alpha value is -0.850. The van der Waals surface area contributed by atoms with Crippen LogP contribution < -0.4 is 0 Å². The second-order valence-electron chi connectivity index (χ2n) is 5.22. The Morgan fingerprint density at radius 3 is 2.62 bits per heavy atom. The van der Waals surface area contributed by atoms with Crippen molar-refractivity contribution in [3.8, 4) is 0 Å². The van der Waals surface area contributed by atoms with E-state index in [1.165, 1.54) is 37.7 Å². The minimum absolute atomic E-state index is 0.0443. The molecule has 0 unspecified atom stereocenters. The van der Waals surface area contributed by atoms with Gasteiger partial charge in [-0.2, -0.15) is 0 Å². The lowest BCUT2D eigenvalue weighted by molar-refractivity contribution is 0.604. The summed E-state index contributed by atoms with van der Waals surface area (Å²) < 4.78 is 13.5. The summed E-state index contributed by atoms with van der Waals surface area (Å²) in [4.78, 5) is 0. The third kappa shape index (κ3) is 3.07. The maximum Gasteiger partial charge on any atom is 0.126 e. The number of unbranched alkanes of at least 4 members (excludes halogenated alkanes) is 1. The molecule has 88 valence electrons. The van der Waals surface area contributed by atoms with Gasteiger partial charge >= 0.3 is 0 Å². The molecule has 0 atom stereocenters. The van der Waals surface area contributed by atoms with Gasteiger partial charge in [-0.05, 0) is 55.4 Å². The van der Waals surface area contributed by atoms with Crippen LogP contribution in [0, 0.1) is 25.6 Å². The van der Waals surface area contributed by atoms with Gasteiger partial charge in [0.2, 0.25) is 0 Å². The van der Waals surface area contributed by atoms with Crippen LogP contribution in [0.15, 0.2) is 12.1 Å². The van der Waals surface area contributed by atoms with Gasteiger partial charge in [0.1, 0.15) is 5.82 Å². The molecule has 0 radical (unpaired) electrons. The third-order valence-electron chi connectivity index (χ3n) is 3.60. The van der Waals surface area contributed by atoms with Gasteiger partial charge in [0, 0.05) is 0 Å². The van der Waals surface area contributed by atoms with E-state index in [2.05, 4.69) is 6.07 Å². The Morgan fingerprint density at radius 2 is 1.94 bits per heavy atom. The maximum absolute atomic E-state index is 13.5. The first-order valence-electron chi connectivity index (χ1n) is 6.42. The van der Waals surface area contributed by atoms with E-state index in [0.717, 1.165) is 23.5 Å². The Bertz CT molecular complexity index is 364. The molecule has 0 bridgehead atoms. The average Bonchev–Trinajstić information content (AvgIpc) is 3.03. The van der Waals surface area contributed by atoms with Crippen molar-refractivity contribution >= 4 is 0 Å². The van der Waals surface area contributed by atoms with Crippen molar-refractivity contribution < 1.29 is 4.39 Å². The van der Waals surface area contributed by atoms with Crippen molar-refractivity contribution in [2.24, 2.45) is 5.92 Å². The summed E-state index contributed by atoms with van der Waals surface area (Å²) in [5.41, 5.74) is 3.09. The largest absolute Gasteiger partial charge is 0.207 e. The van der Waals surface area contributed by atoms with Gasteiger partial charge in [-0.15, -0.1) is 0 Å². The summed E-state index contributed by atoms with van der Waals surface area (Å²) in [5, 5.41) is 0. The molecule has 0 nitrogen and oxygen atoms in total. The second-order valence-corrected chi connectivity index (χ2v) is 5.22. The van der Waals surface area contributed by atoms with E-state index in [9.17, 15) is 4.39 Å². The molecule has 0 saturated heterocycles. The van der Waals surface area contributed by atoms with Gasteiger partial charge in [0.05, 0.1) is 0 Å². The topological polar surface area (TPSA) is 0 Å². The zero-order valence-corrected chi connectivity index (χ0v) is 10.4. The lowest BCUT2D eigenvalue weighted by Gasteiger charge is -2.08. The highest BCUT2D eigenvalue weighted by atomic mass is 19.1. The van der Waals surface area contributed by atoms with Crippen molar-refractivity contribution in [1.82, 2.24) is 0 Å². The fourth-order valence-electron chi connectivity index (χ4n) is 2.30. The molecule has 1 aliphatic rings. The number of aryl methyl sites for hydroxylation is 2. The molecule has 1 aromatic rings. The van der Waals surface area contributed by atoms with Crippen molar-refractivity contribution in [3.05, 3.63) is 34.6 Å². The molecule has 0 aliphatic heterocycles. The van der Waals surface area contributed by atoms with Gasteiger partial charge in [-0.3, -0.25) is 0 Å². The van der Waals surface area contributed by atoms with Crippen molar-refractivity contribution in [2.45, 2.75) is 52.4 Å². The highest BCUT2D eigenvalue weighted by Gasteiger charge is 2.19. The maximum atomic E-state index is 13.5. The minimum atomic E-state index is -0.0443. The van der Waals surface area contributed by atoms with Crippen molar-refractivity contribution in [1.29, 1.82) is 0 Å². The molecule has 2 rings (SSSR count). The smallest absolute Gasteiger partial charge is 0.126 e. The summed E-state index contributed by atoms with van der Waals surface area (Å²) >= 11 is 0. The summed E-state index contributed by atoms with van der Waals surface area (Å²) in [6.07, 6.45) is 7.82. The number of benzene rings is 1. The molecule has 1 saturated carbocycles. The van der Waals surface area contributed by atoms with Crippen molar-refractivity contribution in [2.75, 3.05) is 0 Å². The number of halogens is 1. The SMILES string of the molecule is Cc1cc(F)c(C)c(CCCCC2CC2)c1. The van der Waals surface area contributed by atoms with E-state index in [1.54, 1.807) is 6.07 Å². The van der Waals surface area contributed by atoms with E-state index < -0.39 is 0 Å². The molecule has 0 heterocycles. The molecular weight excluding hydrogens is 199 g/mol. The normalized spacial score (nSPS) is 15.4. The molecule has 1 heteroatoms. The number of hydrogen-bond acceptors (Lipinski definition) is 0. The van der Waals surface area contributed by atoms with Crippen molar-refractivity contribution in [3.63, 3.8) is 0 Å². The van der Waals surface area contributed by atoms with E-state index in [4.69, 9.17) is 0 Å². The summed E-state index contributed by atoms with van der Waals surface area (Å²) in [5.74, 6) is 0.979. The minimum Gasteiger partial charge on any atom is -0.207 e. The Morgan fingerprint density at radius 1 is 1.19 bits per heavy atom. The van der Waals surface area contributed by atoms with Crippen LogP contribution in [-0.4, -0.2) is 0 Å². The standard InChI is InChI=1S/C15H21F/c1-11-9-14(12(2)15(16)10-11)6-4-3-5-13-7-8-13/h9-10,13H,3-8H2,1-2H3. The van der Waals surface area contributed by atoms with Gasteiger partial charge in [0.25, 0.3) is 0 Å². The van der Waals surface area contributed by atoms with E-state index >= 15 is 0 Å². The fraction of sp³-hybridized carbons (Fsp3) is 0.600. The van der Waals surface area contributed by atoms with Crippen LogP contribution in [0.1, 0.15) is 48.8 Å². The monoisotopic (exact) mass is 220 g/mol. The number of hydrogen-bond donors (Lipinski definition) is 0. The predicted molar refractivity (Wildman–Crippen MR) is 66.2 cm³/mol. The van der Waals surface area contributed by atoms with E-state index in [1.807, 2.05) is 13.8 Å². The highest BCUT2D eigenvalue weighted by Crippen LogP contribution is 2.34. The van der Waals surface area contributed by atoms with Crippen LogP contribution in [-0.2, 0) is 6.42 Å². The van der Waals surface area contributed by atoms with Crippen LogP contribution in [0.25, 0.3) is 0 Å². The van der Waals surface area contributed by atoms with E-state index in [-0.39, 0.29) is 5.82 Å². The predicted octanol–water partition coefficient (Wildman–Crippen LogP) is 4.57.